The van der Waals surface area contributed by atoms with Crippen LogP contribution in [0.1, 0.15) is 64.0 Å². The van der Waals surface area contributed by atoms with Crippen molar-refractivity contribution in [3.63, 3.8) is 0 Å². The molecule has 186 valence electrons. The maximum absolute atomic E-state index is 13.1. The normalized spacial score (nSPS) is 22.5. The molecule has 0 atom stereocenters. The molecule has 9 nitrogen and oxygen atoms in total. The number of amides is 5. The zero-order chi connectivity index (χ0) is 25.1. The summed E-state index contributed by atoms with van der Waals surface area (Å²) in [6.45, 7) is 9.82. The monoisotopic (exact) mass is 472 g/mol. The predicted molar refractivity (Wildman–Crippen MR) is 127 cm³/mol. The number of hydrogen-bond acceptors (Lipinski definition) is 5. The predicted octanol–water partition coefficient (Wildman–Crippen LogP) is 2.75. The minimum absolute atomic E-state index is 0.188. The molecule has 1 saturated heterocycles. The van der Waals surface area contributed by atoms with Crippen molar-refractivity contribution in [3.05, 3.63) is 29.3 Å². The van der Waals surface area contributed by atoms with Crippen LogP contribution in [0, 0.1) is 25.2 Å². The van der Waals surface area contributed by atoms with E-state index in [2.05, 4.69) is 36.9 Å². The van der Waals surface area contributed by atoms with Crippen molar-refractivity contribution in [2.75, 3.05) is 13.2 Å². The fourth-order valence-electron chi connectivity index (χ4n) is 4.65. The molecule has 3 N–H and O–H groups in total. The van der Waals surface area contributed by atoms with Crippen molar-refractivity contribution in [2.24, 2.45) is 11.3 Å². The van der Waals surface area contributed by atoms with Gasteiger partial charge in [0.05, 0.1) is 0 Å². The Morgan fingerprint density at radius 1 is 1.12 bits per heavy atom. The highest BCUT2D eigenvalue weighted by atomic mass is 16.5. The minimum atomic E-state index is -0.930. The largest absolute Gasteiger partial charge is 0.484 e. The Labute approximate surface area is 200 Å². The molecule has 34 heavy (non-hydrogen) atoms. The van der Waals surface area contributed by atoms with Crippen LogP contribution in [0.3, 0.4) is 0 Å². The molecule has 0 aromatic heterocycles. The van der Waals surface area contributed by atoms with Crippen molar-refractivity contribution in [3.8, 4) is 5.75 Å². The average Bonchev–Trinajstić information content (AvgIpc) is 3.02. The number of hydrogen-bond donors (Lipinski definition) is 3. The lowest BCUT2D eigenvalue weighted by molar-refractivity contribution is -0.137. The van der Waals surface area contributed by atoms with Crippen molar-refractivity contribution < 1.29 is 23.9 Å². The molecule has 9 heteroatoms. The maximum Gasteiger partial charge on any atom is 0.325 e. The summed E-state index contributed by atoms with van der Waals surface area (Å²) >= 11 is 0. The lowest BCUT2D eigenvalue weighted by Gasteiger charge is -2.42. The van der Waals surface area contributed by atoms with Gasteiger partial charge in [0.1, 0.15) is 17.8 Å². The van der Waals surface area contributed by atoms with Gasteiger partial charge in [-0.3, -0.25) is 30.1 Å². The number of nitrogens with zero attached hydrogens (tertiary/aromatic N) is 1. The van der Waals surface area contributed by atoms with E-state index in [1.54, 1.807) is 6.07 Å². The number of rotatable bonds is 7. The van der Waals surface area contributed by atoms with E-state index < -0.39 is 29.9 Å². The average molecular weight is 473 g/mol. The lowest BCUT2D eigenvalue weighted by Crippen LogP contribution is -2.52. The van der Waals surface area contributed by atoms with Gasteiger partial charge in [0.25, 0.3) is 17.7 Å². The molecule has 1 aliphatic carbocycles. The van der Waals surface area contributed by atoms with Gasteiger partial charge in [-0.25, -0.2) is 4.79 Å². The first kappa shape index (κ1) is 25.5. The van der Waals surface area contributed by atoms with Crippen LogP contribution in [0.15, 0.2) is 18.2 Å². The summed E-state index contributed by atoms with van der Waals surface area (Å²) in [5, 5.41) is 2.83. The highest BCUT2D eigenvalue weighted by molar-refractivity contribution is 6.09. The van der Waals surface area contributed by atoms with E-state index in [1.165, 1.54) is 0 Å². The number of benzene rings is 1. The highest BCUT2D eigenvalue weighted by Gasteiger charge is 2.53. The van der Waals surface area contributed by atoms with E-state index in [9.17, 15) is 19.2 Å². The Hall–Kier alpha value is -3.10. The van der Waals surface area contributed by atoms with E-state index in [0.29, 0.717) is 24.5 Å². The first-order chi connectivity index (χ1) is 16.0. The number of ether oxygens (including phenoxy) is 1. The molecule has 1 aliphatic heterocycles. The van der Waals surface area contributed by atoms with Gasteiger partial charge in [0.15, 0.2) is 6.61 Å². The molecule has 2 aliphatic rings. The Morgan fingerprint density at radius 2 is 1.76 bits per heavy atom. The highest BCUT2D eigenvalue weighted by Crippen LogP contribution is 2.45. The second-order valence-electron chi connectivity index (χ2n) is 10.2. The quantitative estimate of drug-likeness (QED) is 0.417. The summed E-state index contributed by atoms with van der Waals surface area (Å²) in [5.41, 5.74) is 5.90. The summed E-state index contributed by atoms with van der Waals surface area (Å²) in [6.07, 6.45) is 3.89. The Morgan fingerprint density at radius 3 is 2.38 bits per heavy atom. The van der Waals surface area contributed by atoms with E-state index in [1.807, 2.05) is 26.0 Å². The van der Waals surface area contributed by atoms with Gasteiger partial charge in [-0.1, -0.05) is 33.3 Å². The molecule has 1 spiro atoms. The smallest absolute Gasteiger partial charge is 0.325 e. The fraction of sp³-hybridized carbons (Fsp3) is 0.600. The van der Waals surface area contributed by atoms with Crippen LogP contribution in [0.25, 0.3) is 0 Å². The number of aryl methyl sites for hydroxylation is 2. The molecule has 1 heterocycles. The van der Waals surface area contributed by atoms with E-state index in [-0.39, 0.29) is 17.9 Å². The third-order valence-electron chi connectivity index (χ3n) is 7.59. The van der Waals surface area contributed by atoms with Crippen LogP contribution >= 0.6 is 0 Å². The van der Waals surface area contributed by atoms with Crippen LogP contribution in [0.5, 0.6) is 5.75 Å². The summed E-state index contributed by atoms with van der Waals surface area (Å²) < 4.78 is 5.43. The number of nitrogens with one attached hydrogen (secondary N) is 3. The van der Waals surface area contributed by atoms with Crippen molar-refractivity contribution in [1.29, 1.82) is 0 Å². The maximum atomic E-state index is 13.1. The summed E-state index contributed by atoms with van der Waals surface area (Å²) in [5.74, 6) is -0.555. The molecule has 1 saturated carbocycles. The molecule has 1 aromatic carbocycles. The first-order valence-electron chi connectivity index (χ1n) is 11.9. The van der Waals surface area contributed by atoms with Gasteiger partial charge >= 0.3 is 6.03 Å². The fourth-order valence-corrected chi connectivity index (χ4v) is 4.65. The zero-order valence-corrected chi connectivity index (χ0v) is 20.7. The molecule has 1 aromatic rings. The number of carbonyl (C=O) groups is 4. The SMILES string of the molecule is CCC(C)(C)C1CCC2(CC1)NC(=O)N(CC(=O)NNC(=O)COc1ccc(C)c(C)c1)C2=O. The lowest BCUT2D eigenvalue weighted by atomic mass is 9.65. The number of carbonyl (C=O) groups excluding carboxylic acids is 4. The second kappa shape index (κ2) is 10.0. The van der Waals surface area contributed by atoms with Crippen LogP contribution in [0.4, 0.5) is 4.79 Å². The minimum Gasteiger partial charge on any atom is -0.484 e. The molecule has 0 unspecified atom stereocenters. The molecule has 0 bridgehead atoms. The molecular formula is C25H36N4O5. The van der Waals surface area contributed by atoms with Crippen molar-refractivity contribution >= 4 is 23.8 Å². The Balaban J connectivity index is 1.46. The number of imide groups is 1. The van der Waals surface area contributed by atoms with Crippen LogP contribution in [0.2, 0.25) is 0 Å². The van der Waals surface area contributed by atoms with Gasteiger partial charge < -0.3 is 10.1 Å². The van der Waals surface area contributed by atoms with E-state index in [0.717, 1.165) is 35.3 Å². The molecule has 5 amide bonds. The molecular weight excluding hydrogens is 436 g/mol. The van der Waals surface area contributed by atoms with Gasteiger partial charge in [-0.15, -0.1) is 0 Å². The van der Waals surface area contributed by atoms with Crippen LogP contribution < -0.4 is 20.9 Å². The molecule has 2 fully saturated rings. The first-order valence-corrected chi connectivity index (χ1v) is 11.9. The third kappa shape index (κ3) is 5.51. The van der Waals surface area contributed by atoms with E-state index >= 15 is 0 Å². The third-order valence-corrected chi connectivity index (χ3v) is 7.59. The number of hydrazine groups is 1. The number of urea groups is 1. The Kier molecular flexibility index (Phi) is 7.53. The topological polar surface area (TPSA) is 117 Å². The Bertz CT molecular complexity index is 966. The van der Waals surface area contributed by atoms with Gasteiger partial charge in [-0.2, -0.15) is 0 Å². The van der Waals surface area contributed by atoms with Gasteiger partial charge in [0, 0.05) is 0 Å². The molecule has 0 radical (unpaired) electrons. The van der Waals surface area contributed by atoms with Crippen LogP contribution in [-0.2, 0) is 14.4 Å². The van der Waals surface area contributed by atoms with Crippen LogP contribution in [-0.4, -0.2) is 47.3 Å². The summed E-state index contributed by atoms with van der Waals surface area (Å²) in [4.78, 5) is 50.8. The second-order valence-corrected chi connectivity index (χ2v) is 10.2. The van der Waals surface area contributed by atoms with Gasteiger partial charge in [-0.05, 0) is 74.1 Å². The molecule has 3 rings (SSSR count). The van der Waals surface area contributed by atoms with Gasteiger partial charge in [0.2, 0.25) is 0 Å². The summed E-state index contributed by atoms with van der Waals surface area (Å²) in [6, 6.07) is 4.91. The summed E-state index contributed by atoms with van der Waals surface area (Å²) in [7, 11) is 0. The van der Waals surface area contributed by atoms with Crippen molar-refractivity contribution in [2.45, 2.75) is 72.3 Å². The zero-order valence-electron chi connectivity index (χ0n) is 20.7. The van der Waals surface area contributed by atoms with Crippen molar-refractivity contribution in [1.82, 2.24) is 21.1 Å². The van der Waals surface area contributed by atoms with E-state index in [4.69, 9.17) is 4.74 Å². The standard InChI is InChI=1S/C25H36N4O5/c1-6-24(4,5)18-9-11-25(12-10-18)22(32)29(23(33)26-25)14-20(30)27-28-21(31)15-34-19-8-7-16(2)17(3)13-19/h7-8,13,18H,6,9-12,14-15H2,1-5H3,(H,26,33)(H,27,30)(H,28,31).